The van der Waals surface area contributed by atoms with E-state index in [1.165, 1.54) is 0 Å². The molecule has 1 fully saturated rings. The van der Waals surface area contributed by atoms with Gasteiger partial charge in [-0.1, -0.05) is 6.92 Å². The maximum Gasteiger partial charge on any atom is 0.289 e. The molecule has 0 bridgehead atoms. The van der Waals surface area contributed by atoms with Crippen LogP contribution in [0.1, 0.15) is 67.8 Å². The van der Waals surface area contributed by atoms with Crippen LogP contribution in [0.2, 0.25) is 0 Å². The van der Waals surface area contributed by atoms with Gasteiger partial charge in [-0.15, -0.1) is 0 Å². The largest absolute Gasteiger partial charge is 0.487 e. The third-order valence-corrected chi connectivity index (χ3v) is 5.76. The summed E-state index contributed by atoms with van der Waals surface area (Å²) < 4.78 is 12.0. The van der Waals surface area contributed by atoms with Gasteiger partial charge in [0.1, 0.15) is 16.9 Å². The smallest absolute Gasteiger partial charge is 0.289 e. The van der Waals surface area contributed by atoms with E-state index in [0.29, 0.717) is 29.4 Å². The summed E-state index contributed by atoms with van der Waals surface area (Å²) in [4.78, 5) is 14.9. The third kappa shape index (κ3) is 2.78. The number of benzene rings is 1. The number of amides is 1. The van der Waals surface area contributed by atoms with Crippen LogP contribution in [0.4, 0.5) is 0 Å². The van der Waals surface area contributed by atoms with Gasteiger partial charge in [0.25, 0.3) is 5.91 Å². The zero-order valence-electron chi connectivity index (χ0n) is 16.0. The Balaban J connectivity index is 1.76. The molecule has 0 spiro atoms. The van der Waals surface area contributed by atoms with Crippen molar-refractivity contribution in [2.45, 2.75) is 58.7 Å². The zero-order valence-corrected chi connectivity index (χ0v) is 16.0. The molecule has 5 heteroatoms. The van der Waals surface area contributed by atoms with Gasteiger partial charge in [-0.25, -0.2) is 0 Å². The Morgan fingerprint density at radius 1 is 1.27 bits per heavy atom. The quantitative estimate of drug-likeness (QED) is 0.830. The summed E-state index contributed by atoms with van der Waals surface area (Å²) in [6, 6.07) is 3.67. The van der Waals surface area contributed by atoms with Crippen LogP contribution in [0.3, 0.4) is 0 Å². The number of rotatable bonds is 1. The Labute approximate surface area is 153 Å². The average Bonchev–Trinajstić information content (AvgIpc) is 2.90. The fourth-order valence-corrected chi connectivity index (χ4v) is 4.24. The van der Waals surface area contributed by atoms with Crippen molar-refractivity contribution in [1.82, 2.24) is 4.90 Å². The molecule has 1 aromatic carbocycles. The van der Waals surface area contributed by atoms with Crippen molar-refractivity contribution in [2.75, 3.05) is 13.1 Å². The molecule has 1 saturated heterocycles. The van der Waals surface area contributed by atoms with E-state index in [0.717, 1.165) is 42.4 Å². The highest BCUT2D eigenvalue weighted by molar-refractivity contribution is 6.00. The number of fused-ring (bicyclic) bond motifs is 3. The molecule has 0 saturated carbocycles. The summed E-state index contributed by atoms with van der Waals surface area (Å²) in [6.45, 7) is 9.61. The van der Waals surface area contributed by atoms with Crippen LogP contribution in [0.15, 0.2) is 16.5 Å². The normalized spacial score (nSPS) is 23.0. The van der Waals surface area contributed by atoms with Crippen molar-refractivity contribution < 1.29 is 19.1 Å². The number of aliphatic hydroxyl groups is 1. The number of likely N-dealkylation sites (tertiary alicyclic amines) is 1. The summed E-state index contributed by atoms with van der Waals surface area (Å²) in [5.74, 6) is 1.68. The lowest BCUT2D eigenvalue weighted by atomic mass is 9.89. The fraction of sp³-hybridized carbons (Fsp3) is 0.571. The van der Waals surface area contributed by atoms with E-state index in [4.69, 9.17) is 9.15 Å². The maximum atomic E-state index is 13.0. The molecular formula is C21H27NO4. The van der Waals surface area contributed by atoms with Gasteiger partial charge >= 0.3 is 0 Å². The molecular weight excluding hydrogens is 330 g/mol. The van der Waals surface area contributed by atoms with Crippen molar-refractivity contribution in [3.63, 3.8) is 0 Å². The predicted molar refractivity (Wildman–Crippen MR) is 99.5 cm³/mol. The van der Waals surface area contributed by atoms with Crippen LogP contribution < -0.4 is 4.74 Å². The van der Waals surface area contributed by atoms with Crippen LogP contribution in [0.25, 0.3) is 11.0 Å². The van der Waals surface area contributed by atoms with Crippen LogP contribution in [0, 0.1) is 12.8 Å². The fourth-order valence-electron chi connectivity index (χ4n) is 4.24. The maximum absolute atomic E-state index is 13.0. The number of aliphatic hydroxyl groups excluding tert-OH is 1. The number of piperidine rings is 1. The number of carbonyl (C=O) groups is 1. The van der Waals surface area contributed by atoms with Crippen LogP contribution in [0.5, 0.6) is 5.75 Å². The lowest BCUT2D eigenvalue weighted by molar-refractivity contribution is 0.0126. The number of ether oxygens (including phenoxy) is 1. The second kappa shape index (κ2) is 6.02. The molecule has 3 heterocycles. The number of carbonyl (C=O) groups excluding carboxylic acids is 1. The topological polar surface area (TPSA) is 62.9 Å². The Morgan fingerprint density at radius 3 is 2.65 bits per heavy atom. The van der Waals surface area contributed by atoms with Crippen molar-refractivity contribution in [2.24, 2.45) is 5.92 Å². The standard InChI is InChI=1S/C21H27NO4/c1-12-7-9-22(10-8-12)20(24)19-13(2)17-15(25-19)5-6-16-18(17)14(23)11-21(3,4)26-16/h5-6,12,14,23H,7-11H2,1-4H3/t14-/m1/s1. The minimum absolute atomic E-state index is 0.0501. The van der Waals surface area contributed by atoms with Crippen molar-refractivity contribution in [3.8, 4) is 5.75 Å². The van der Waals surface area contributed by atoms with E-state index in [-0.39, 0.29) is 5.91 Å². The van der Waals surface area contributed by atoms with Gasteiger partial charge < -0.3 is 19.2 Å². The van der Waals surface area contributed by atoms with E-state index >= 15 is 0 Å². The molecule has 2 aliphatic heterocycles. The first-order valence-corrected chi connectivity index (χ1v) is 9.49. The second-order valence-electron chi connectivity index (χ2n) is 8.46. The van der Waals surface area contributed by atoms with Crippen LogP contribution in [-0.2, 0) is 0 Å². The van der Waals surface area contributed by atoms with E-state index < -0.39 is 11.7 Å². The number of hydrogen-bond acceptors (Lipinski definition) is 4. The average molecular weight is 357 g/mol. The molecule has 4 rings (SSSR count). The predicted octanol–water partition coefficient (Wildman–Crippen LogP) is 4.21. The minimum Gasteiger partial charge on any atom is -0.487 e. The summed E-state index contributed by atoms with van der Waals surface area (Å²) >= 11 is 0. The molecule has 1 N–H and O–H groups in total. The summed E-state index contributed by atoms with van der Waals surface area (Å²) in [6.07, 6.45) is 1.94. The minimum atomic E-state index is -0.632. The lowest BCUT2D eigenvalue weighted by Crippen LogP contribution is -2.38. The Bertz CT molecular complexity index is 859. The van der Waals surface area contributed by atoms with Gasteiger partial charge in [0.15, 0.2) is 5.76 Å². The molecule has 1 atom stereocenters. The number of nitrogens with zero attached hydrogens (tertiary/aromatic N) is 1. The summed E-state index contributed by atoms with van der Waals surface area (Å²) in [7, 11) is 0. The van der Waals surface area contributed by atoms with E-state index in [1.807, 2.05) is 37.8 Å². The molecule has 1 aromatic heterocycles. The summed E-state index contributed by atoms with van der Waals surface area (Å²) in [5, 5.41) is 11.5. The van der Waals surface area contributed by atoms with Gasteiger partial charge in [0, 0.05) is 36.0 Å². The molecule has 2 aromatic rings. The summed E-state index contributed by atoms with van der Waals surface area (Å²) in [5.41, 5.74) is 1.76. The van der Waals surface area contributed by atoms with E-state index in [1.54, 1.807) is 0 Å². The highest BCUT2D eigenvalue weighted by atomic mass is 16.5. The van der Waals surface area contributed by atoms with Gasteiger partial charge in [-0.05, 0) is 51.7 Å². The first kappa shape index (κ1) is 17.4. The molecule has 1 amide bonds. The third-order valence-electron chi connectivity index (χ3n) is 5.76. The SMILES string of the molecule is Cc1c(C(=O)N2CCC(C)CC2)oc2ccc3c(c12)[C@H](O)CC(C)(C)O3. The van der Waals surface area contributed by atoms with Crippen molar-refractivity contribution >= 4 is 16.9 Å². The van der Waals surface area contributed by atoms with E-state index in [2.05, 4.69) is 6.92 Å². The molecule has 0 unspecified atom stereocenters. The van der Waals surface area contributed by atoms with E-state index in [9.17, 15) is 9.90 Å². The zero-order chi connectivity index (χ0) is 18.6. The van der Waals surface area contributed by atoms with Crippen LogP contribution >= 0.6 is 0 Å². The monoisotopic (exact) mass is 357 g/mol. The Morgan fingerprint density at radius 2 is 1.96 bits per heavy atom. The van der Waals surface area contributed by atoms with Crippen molar-refractivity contribution in [1.29, 1.82) is 0 Å². The first-order chi connectivity index (χ1) is 12.3. The Hall–Kier alpha value is -2.01. The van der Waals surface area contributed by atoms with Gasteiger partial charge in [0.05, 0.1) is 6.10 Å². The van der Waals surface area contributed by atoms with Gasteiger partial charge in [-0.2, -0.15) is 0 Å². The van der Waals surface area contributed by atoms with Gasteiger partial charge in [-0.3, -0.25) is 4.79 Å². The lowest BCUT2D eigenvalue weighted by Gasteiger charge is -2.35. The number of aryl methyl sites for hydroxylation is 1. The second-order valence-corrected chi connectivity index (χ2v) is 8.46. The molecule has 5 nitrogen and oxygen atoms in total. The molecule has 0 aliphatic carbocycles. The first-order valence-electron chi connectivity index (χ1n) is 9.49. The molecule has 2 aliphatic rings. The number of hydrogen-bond donors (Lipinski definition) is 1. The highest BCUT2D eigenvalue weighted by Crippen LogP contribution is 2.45. The number of furan rings is 1. The molecule has 26 heavy (non-hydrogen) atoms. The Kier molecular flexibility index (Phi) is 4.03. The highest BCUT2D eigenvalue weighted by Gasteiger charge is 2.36. The molecule has 140 valence electrons. The molecule has 0 radical (unpaired) electrons. The van der Waals surface area contributed by atoms with Gasteiger partial charge in [0.2, 0.25) is 0 Å². The van der Waals surface area contributed by atoms with Crippen molar-refractivity contribution in [3.05, 3.63) is 29.0 Å². The van der Waals surface area contributed by atoms with Crippen LogP contribution in [-0.4, -0.2) is 34.6 Å².